The highest BCUT2D eigenvalue weighted by Gasteiger charge is 2.10. The third-order valence-corrected chi connectivity index (χ3v) is 4.11. The lowest BCUT2D eigenvalue weighted by atomic mass is 10.1. The van der Waals surface area contributed by atoms with Gasteiger partial charge in [-0.2, -0.15) is 5.10 Å². The van der Waals surface area contributed by atoms with Gasteiger partial charge in [0, 0.05) is 5.56 Å². The fourth-order valence-electron chi connectivity index (χ4n) is 2.18. The van der Waals surface area contributed by atoms with E-state index in [1.54, 1.807) is 19.4 Å². The van der Waals surface area contributed by atoms with Crippen molar-refractivity contribution in [3.63, 3.8) is 0 Å². The Labute approximate surface area is 155 Å². The standard InChI is InChI=1S/C18H19IN2O3/c1-4-24-16-10-13(9-15(19)17(16)23-3)11-20-21-18(22)14-8-6-5-7-12(14)2/h5-11H,4H2,1-3H3,(H,21,22)/b20-11+. The predicted molar refractivity (Wildman–Crippen MR) is 103 cm³/mol. The van der Waals surface area contributed by atoms with E-state index in [0.717, 1.165) is 14.7 Å². The van der Waals surface area contributed by atoms with Crippen molar-refractivity contribution in [2.24, 2.45) is 5.10 Å². The summed E-state index contributed by atoms with van der Waals surface area (Å²) in [5.74, 6) is 1.11. The number of nitrogens with zero attached hydrogens (tertiary/aromatic N) is 1. The molecule has 0 aromatic heterocycles. The molecule has 0 spiro atoms. The van der Waals surface area contributed by atoms with Crippen LogP contribution in [-0.2, 0) is 0 Å². The van der Waals surface area contributed by atoms with Gasteiger partial charge in [0.25, 0.3) is 5.91 Å². The zero-order valence-corrected chi connectivity index (χ0v) is 16.0. The summed E-state index contributed by atoms with van der Waals surface area (Å²) in [5, 5.41) is 4.03. The predicted octanol–water partition coefficient (Wildman–Crippen LogP) is 3.77. The summed E-state index contributed by atoms with van der Waals surface area (Å²) in [4.78, 5) is 12.1. The number of rotatable bonds is 6. The van der Waals surface area contributed by atoms with Crippen LogP contribution in [0, 0.1) is 10.5 Å². The Balaban J connectivity index is 2.14. The molecule has 0 aliphatic heterocycles. The lowest BCUT2D eigenvalue weighted by Gasteiger charge is -2.11. The Hall–Kier alpha value is -2.09. The number of nitrogens with one attached hydrogen (secondary N) is 1. The minimum atomic E-state index is -0.238. The fraction of sp³-hybridized carbons (Fsp3) is 0.222. The zero-order chi connectivity index (χ0) is 17.5. The highest BCUT2D eigenvalue weighted by molar-refractivity contribution is 14.1. The number of hydrogen-bond acceptors (Lipinski definition) is 4. The van der Waals surface area contributed by atoms with Crippen molar-refractivity contribution >= 4 is 34.7 Å². The number of amides is 1. The third-order valence-electron chi connectivity index (χ3n) is 3.31. The van der Waals surface area contributed by atoms with E-state index in [1.165, 1.54) is 0 Å². The lowest BCUT2D eigenvalue weighted by Crippen LogP contribution is -2.18. The first-order chi connectivity index (χ1) is 11.6. The largest absolute Gasteiger partial charge is 0.492 e. The number of carbonyl (C=O) groups excluding carboxylic acids is 1. The van der Waals surface area contributed by atoms with Gasteiger partial charge in [-0.05, 0) is 65.8 Å². The molecule has 2 aromatic rings. The van der Waals surface area contributed by atoms with Crippen molar-refractivity contribution in [2.45, 2.75) is 13.8 Å². The van der Waals surface area contributed by atoms with Crippen LogP contribution in [0.3, 0.4) is 0 Å². The number of carbonyl (C=O) groups is 1. The van der Waals surface area contributed by atoms with Crippen LogP contribution >= 0.6 is 22.6 Å². The molecule has 2 aromatic carbocycles. The summed E-state index contributed by atoms with van der Waals surface area (Å²) in [7, 11) is 1.61. The maximum Gasteiger partial charge on any atom is 0.271 e. The quantitative estimate of drug-likeness (QED) is 0.425. The maximum absolute atomic E-state index is 12.1. The number of aryl methyl sites for hydroxylation is 1. The van der Waals surface area contributed by atoms with Gasteiger partial charge in [0.05, 0.1) is 23.5 Å². The average molecular weight is 438 g/mol. The summed E-state index contributed by atoms with van der Waals surface area (Å²) in [6, 6.07) is 11.1. The Morgan fingerprint density at radius 2 is 2.08 bits per heavy atom. The summed E-state index contributed by atoms with van der Waals surface area (Å²) in [6.07, 6.45) is 1.58. The van der Waals surface area contributed by atoms with Crippen LogP contribution < -0.4 is 14.9 Å². The molecule has 0 saturated carbocycles. The Kier molecular flexibility index (Phi) is 6.60. The van der Waals surface area contributed by atoms with Crippen molar-refractivity contribution in [3.05, 3.63) is 56.7 Å². The first-order valence-corrected chi connectivity index (χ1v) is 8.54. The van der Waals surface area contributed by atoms with Crippen LogP contribution in [0.2, 0.25) is 0 Å². The summed E-state index contributed by atoms with van der Waals surface area (Å²) < 4.78 is 11.8. The molecule has 0 saturated heterocycles. The highest BCUT2D eigenvalue weighted by atomic mass is 127. The zero-order valence-electron chi connectivity index (χ0n) is 13.8. The Morgan fingerprint density at radius 1 is 1.33 bits per heavy atom. The maximum atomic E-state index is 12.1. The van der Waals surface area contributed by atoms with E-state index < -0.39 is 0 Å². The second kappa shape index (κ2) is 8.68. The van der Waals surface area contributed by atoms with Crippen LogP contribution in [0.1, 0.15) is 28.4 Å². The molecule has 1 amide bonds. The van der Waals surface area contributed by atoms with E-state index in [1.807, 2.05) is 44.2 Å². The molecule has 2 rings (SSSR count). The summed E-state index contributed by atoms with van der Waals surface area (Å²) >= 11 is 2.18. The van der Waals surface area contributed by atoms with Crippen LogP contribution in [0.15, 0.2) is 41.5 Å². The summed E-state index contributed by atoms with van der Waals surface area (Å²) in [5.41, 5.74) is 4.87. The molecule has 0 atom stereocenters. The van der Waals surface area contributed by atoms with Crippen LogP contribution in [-0.4, -0.2) is 25.8 Å². The lowest BCUT2D eigenvalue weighted by molar-refractivity contribution is 0.0954. The third kappa shape index (κ3) is 4.47. The normalized spacial score (nSPS) is 10.7. The number of hydrazone groups is 1. The van der Waals surface area contributed by atoms with Gasteiger partial charge in [0.15, 0.2) is 11.5 Å². The molecule has 0 heterocycles. The summed E-state index contributed by atoms with van der Waals surface area (Å²) in [6.45, 7) is 4.34. The molecule has 6 heteroatoms. The average Bonchev–Trinajstić information content (AvgIpc) is 2.55. The Morgan fingerprint density at radius 3 is 2.75 bits per heavy atom. The van der Waals surface area contributed by atoms with E-state index in [0.29, 0.717) is 23.7 Å². The molecule has 1 N–H and O–H groups in total. The molecular weight excluding hydrogens is 419 g/mol. The number of hydrogen-bond donors (Lipinski definition) is 1. The first-order valence-electron chi connectivity index (χ1n) is 7.46. The molecule has 0 unspecified atom stereocenters. The van der Waals surface area contributed by atoms with Crippen molar-refractivity contribution < 1.29 is 14.3 Å². The second-order valence-corrected chi connectivity index (χ2v) is 6.14. The smallest absolute Gasteiger partial charge is 0.271 e. The van der Waals surface area contributed by atoms with Crippen LogP contribution in [0.25, 0.3) is 0 Å². The van der Waals surface area contributed by atoms with Gasteiger partial charge in [-0.15, -0.1) is 0 Å². The van der Waals surface area contributed by atoms with E-state index >= 15 is 0 Å². The van der Waals surface area contributed by atoms with Crippen molar-refractivity contribution in [3.8, 4) is 11.5 Å². The van der Waals surface area contributed by atoms with Crippen molar-refractivity contribution in [2.75, 3.05) is 13.7 Å². The SMILES string of the molecule is CCOc1cc(/C=N/NC(=O)c2ccccc2C)cc(I)c1OC. The van der Waals surface area contributed by atoms with Crippen molar-refractivity contribution in [1.82, 2.24) is 5.43 Å². The van der Waals surface area contributed by atoms with Gasteiger partial charge in [0.1, 0.15) is 0 Å². The minimum Gasteiger partial charge on any atom is -0.492 e. The van der Waals surface area contributed by atoms with Gasteiger partial charge >= 0.3 is 0 Å². The van der Waals surface area contributed by atoms with Crippen LogP contribution in [0.5, 0.6) is 11.5 Å². The highest BCUT2D eigenvalue weighted by Crippen LogP contribution is 2.33. The van der Waals surface area contributed by atoms with Crippen LogP contribution in [0.4, 0.5) is 0 Å². The molecular formula is C18H19IN2O3. The van der Waals surface area contributed by atoms with Gasteiger partial charge in [-0.3, -0.25) is 4.79 Å². The molecule has 0 aliphatic carbocycles. The first kappa shape index (κ1) is 18.3. The van der Waals surface area contributed by atoms with E-state index in [2.05, 4.69) is 33.1 Å². The van der Waals surface area contributed by atoms with E-state index in [-0.39, 0.29) is 5.91 Å². The number of halogens is 1. The topological polar surface area (TPSA) is 59.9 Å². The van der Waals surface area contributed by atoms with Crippen molar-refractivity contribution in [1.29, 1.82) is 0 Å². The fourth-order valence-corrected chi connectivity index (χ4v) is 3.02. The number of benzene rings is 2. The van der Waals surface area contributed by atoms with Gasteiger partial charge in [-0.1, -0.05) is 18.2 Å². The van der Waals surface area contributed by atoms with Gasteiger partial charge in [-0.25, -0.2) is 5.43 Å². The second-order valence-electron chi connectivity index (χ2n) is 4.98. The van der Waals surface area contributed by atoms with E-state index in [4.69, 9.17) is 9.47 Å². The molecule has 24 heavy (non-hydrogen) atoms. The molecule has 126 valence electrons. The van der Waals surface area contributed by atoms with Gasteiger partial charge in [0.2, 0.25) is 0 Å². The molecule has 0 bridgehead atoms. The monoisotopic (exact) mass is 438 g/mol. The molecule has 5 nitrogen and oxygen atoms in total. The minimum absolute atomic E-state index is 0.238. The molecule has 0 radical (unpaired) electrons. The molecule has 0 fully saturated rings. The molecule has 0 aliphatic rings. The van der Waals surface area contributed by atoms with E-state index in [9.17, 15) is 4.79 Å². The Bertz CT molecular complexity index is 760. The number of ether oxygens (including phenoxy) is 2. The number of methoxy groups -OCH3 is 1. The van der Waals surface area contributed by atoms with Gasteiger partial charge < -0.3 is 9.47 Å².